The van der Waals surface area contributed by atoms with E-state index >= 15 is 0 Å². The van der Waals surface area contributed by atoms with E-state index < -0.39 is 0 Å². The molecule has 2 aromatic carbocycles. The van der Waals surface area contributed by atoms with Gasteiger partial charge in [-0.2, -0.15) is 0 Å². The van der Waals surface area contributed by atoms with Crippen molar-refractivity contribution in [1.82, 2.24) is 0 Å². The van der Waals surface area contributed by atoms with Crippen LogP contribution >= 0.6 is 0 Å². The molecule has 0 atom stereocenters. The number of aryl methyl sites for hydroxylation is 2. The zero-order valence-corrected chi connectivity index (χ0v) is 20.6. The molecule has 0 saturated carbocycles. The average molecular weight is 456 g/mol. The van der Waals surface area contributed by atoms with Gasteiger partial charge >= 0.3 is 0 Å². The highest BCUT2D eigenvalue weighted by Crippen LogP contribution is 2.28. The van der Waals surface area contributed by atoms with Gasteiger partial charge < -0.3 is 23.8 Å². The fourth-order valence-electron chi connectivity index (χ4n) is 3.22. The maximum absolute atomic E-state index is 6.01. The molecular weight excluding hydrogens is 418 g/mol. The summed E-state index contributed by atoms with van der Waals surface area (Å²) in [7, 11) is 1.53. The van der Waals surface area contributed by atoms with Crippen LogP contribution in [0.1, 0.15) is 42.5 Å². The predicted octanol–water partition coefficient (Wildman–Crippen LogP) is 5.78. The first-order valence-corrected chi connectivity index (χ1v) is 11.3. The number of ether oxygens (including phenoxy) is 4. The van der Waals surface area contributed by atoms with Crippen LogP contribution in [-0.2, 0) is 27.5 Å². The van der Waals surface area contributed by atoms with Crippen molar-refractivity contribution in [3.05, 3.63) is 70.8 Å². The molecular formula is C27H37NO5. The second-order valence-corrected chi connectivity index (χ2v) is 7.84. The molecule has 6 heteroatoms. The quantitative estimate of drug-likeness (QED) is 0.147. The molecule has 0 saturated heterocycles. The van der Waals surface area contributed by atoms with Crippen LogP contribution in [0.2, 0.25) is 0 Å². The summed E-state index contributed by atoms with van der Waals surface area (Å²) in [6.45, 7) is 11.4. The second kappa shape index (κ2) is 15.1. The fourth-order valence-corrected chi connectivity index (χ4v) is 3.22. The molecule has 2 aromatic rings. The van der Waals surface area contributed by atoms with E-state index in [0.717, 1.165) is 45.9 Å². The lowest BCUT2D eigenvalue weighted by Crippen LogP contribution is -2.06. The van der Waals surface area contributed by atoms with Crippen molar-refractivity contribution in [3.63, 3.8) is 0 Å². The first kappa shape index (κ1) is 26.4. The fraction of sp³-hybridized carbons (Fsp3) is 0.444. The summed E-state index contributed by atoms with van der Waals surface area (Å²) in [6.07, 6.45) is 4.79. The topological polar surface area (TPSA) is 58.5 Å². The Balaban J connectivity index is 1.65. The maximum Gasteiger partial charge on any atom is 0.125 e. The van der Waals surface area contributed by atoms with Crippen molar-refractivity contribution in [2.75, 3.05) is 33.5 Å². The Morgan fingerprint density at radius 1 is 0.909 bits per heavy atom. The molecule has 0 N–H and O–H groups in total. The van der Waals surface area contributed by atoms with Gasteiger partial charge in [0.2, 0.25) is 0 Å². The van der Waals surface area contributed by atoms with Crippen molar-refractivity contribution in [1.29, 1.82) is 0 Å². The Morgan fingerprint density at radius 2 is 1.55 bits per heavy atom. The highest BCUT2D eigenvalue weighted by atomic mass is 16.6. The van der Waals surface area contributed by atoms with Crippen LogP contribution in [0.3, 0.4) is 0 Å². The minimum atomic E-state index is 0.453. The van der Waals surface area contributed by atoms with Crippen molar-refractivity contribution in [2.24, 2.45) is 5.16 Å². The van der Waals surface area contributed by atoms with Gasteiger partial charge in [-0.15, -0.1) is 0 Å². The number of benzene rings is 2. The van der Waals surface area contributed by atoms with Crippen molar-refractivity contribution >= 4 is 5.71 Å². The van der Waals surface area contributed by atoms with Gasteiger partial charge in [-0.1, -0.05) is 41.6 Å². The molecule has 0 spiro atoms. The number of oxime groups is 1. The lowest BCUT2D eigenvalue weighted by molar-refractivity contribution is 0.107. The number of hydrogen-bond donors (Lipinski definition) is 0. The normalized spacial score (nSPS) is 11.7. The minimum Gasteiger partial charge on any atom is -0.493 e. The van der Waals surface area contributed by atoms with E-state index in [2.05, 4.69) is 29.4 Å². The van der Waals surface area contributed by atoms with Gasteiger partial charge in [0.1, 0.15) is 25.2 Å². The van der Waals surface area contributed by atoms with Gasteiger partial charge in [-0.05, 0) is 62.1 Å². The van der Waals surface area contributed by atoms with E-state index in [1.54, 1.807) is 0 Å². The van der Waals surface area contributed by atoms with Crippen molar-refractivity contribution < 1.29 is 23.8 Å². The lowest BCUT2D eigenvalue weighted by atomic mass is 10.1. The molecule has 0 heterocycles. The van der Waals surface area contributed by atoms with Crippen LogP contribution < -0.4 is 9.47 Å². The van der Waals surface area contributed by atoms with E-state index in [4.69, 9.17) is 23.8 Å². The number of rotatable bonds is 15. The predicted molar refractivity (Wildman–Crippen MR) is 132 cm³/mol. The number of allylic oxidation sites excluding steroid dienone is 1. The third kappa shape index (κ3) is 10.1. The van der Waals surface area contributed by atoms with Crippen LogP contribution in [0.15, 0.2) is 53.7 Å². The Morgan fingerprint density at radius 3 is 2.15 bits per heavy atom. The molecule has 180 valence electrons. The molecule has 6 nitrogen and oxygen atoms in total. The van der Waals surface area contributed by atoms with Crippen LogP contribution in [0.5, 0.6) is 11.5 Å². The van der Waals surface area contributed by atoms with E-state index in [1.165, 1.54) is 7.11 Å². The first-order valence-electron chi connectivity index (χ1n) is 11.3. The summed E-state index contributed by atoms with van der Waals surface area (Å²) in [6, 6.07) is 12.3. The van der Waals surface area contributed by atoms with Crippen LogP contribution in [0.25, 0.3) is 0 Å². The molecule has 0 aliphatic heterocycles. The molecule has 0 aliphatic carbocycles. The second-order valence-electron chi connectivity index (χ2n) is 7.84. The molecule has 0 aliphatic rings. The third-order valence-corrected chi connectivity index (χ3v) is 4.81. The zero-order valence-electron chi connectivity index (χ0n) is 20.6. The molecule has 33 heavy (non-hydrogen) atoms. The summed E-state index contributed by atoms with van der Waals surface area (Å²) in [5, 5.41) is 3.83. The first-order chi connectivity index (χ1) is 16.0. The SMILES string of the molecule is C/C=C/COc1cc(C)c(OCCCOCc2ccc(COC/C(C)=N/OC)cc2)c(C)c1. The third-order valence-electron chi connectivity index (χ3n) is 4.81. The van der Waals surface area contributed by atoms with Crippen LogP contribution in [0, 0.1) is 13.8 Å². The Hall–Kier alpha value is -2.83. The van der Waals surface area contributed by atoms with Gasteiger partial charge in [0.25, 0.3) is 0 Å². The van der Waals surface area contributed by atoms with E-state index in [9.17, 15) is 0 Å². The standard InChI is InChI=1S/C27H37NO5/c1-6-7-14-32-26-16-21(2)27(22(3)17-26)33-15-8-13-30-19-24-9-11-25(12-10-24)20-31-18-23(4)28-29-5/h6-7,9-12,16-17H,8,13-15,18-20H2,1-5H3/b7-6+,28-23+. The highest BCUT2D eigenvalue weighted by molar-refractivity contribution is 5.82. The summed E-state index contributed by atoms with van der Waals surface area (Å²) in [5.74, 6) is 1.79. The Labute approximate surface area is 198 Å². The van der Waals surface area contributed by atoms with Gasteiger partial charge in [0, 0.05) is 6.42 Å². The monoisotopic (exact) mass is 455 g/mol. The average Bonchev–Trinajstić information content (AvgIpc) is 2.79. The van der Waals surface area contributed by atoms with E-state index in [0.29, 0.717) is 39.6 Å². The smallest absolute Gasteiger partial charge is 0.125 e. The van der Waals surface area contributed by atoms with Crippen LogP contribution in [0.4, 0.5) is 0 Å². The molecule has 0 amide bonds. The highest BCUT2D eigenvalue weighted by Gasteiger charge is 2.07. The number of hydrogen-bond acceptors (Lipinski definition) is 6. The Kier molecular flexibility index (Phi) is 12.1. The maximum atomic E-state index is 6.01. The van der Waals surface area contributed by atoms with E-state index in [-0.39, 0.29) is 0 Å². The van der Waals surface area contributed by atoms with Gasteiger partial charge in [0.15, 0.2) is 0 Å². The van der Waals surface area contributed by atoms with Crippen molar-refractivity contribution in [2.45, 2.75) is 47.3 Å². The van der Waals surface area contributed by atoms with Gasteiger partial charge in [0.05, 0.1) is 38.7 Å². The molecule has 0 radical (unpaired) electrons. The molecule has 2 rings (SSSR count). The molecule has 0 aromatic heterocycles. The molecule has 0 bridgehead atoms. The zero-order chi connectivity index (χ0) is 23.9. The summed E-state index contributed by atoms with van der Waals surface area (Å²) in [5.41, 5.74) is 5.22. The summed E-state index contributed by atoms with van der Waals surface area (Å²) < 4.78 is 23.2. The van der Waals surface area contributed by atoms with Crippen molar-refractivity contribution in [3.8, 4) is 11.5 Å². The van der Waals surface area contributed by atoms with E-state index in [1.807, 2.05) is 52.0 Å². The van der Waals surface area contributed by atoms with Crippen LogP contribution in [-0.4, -0.2) is 39.2 Å². The summed E-state index contributed by atoms with van der Waals surface area (Å²) in [4.78, 5) is 4.72. The minimum absolute atomic E-state index is 0.453. The lowest BCUT2D eigenvalue weighted by Gasteiger charge is -2.14. The molecule has 0 unspecified atom stereocenters. The molecule has 0 fully saturated rings. The summed E-state index contributed by atoms with van der Waals surface area (Å²) >= 11 is 0. The number of nitrogens with zero attached hydrogens (tertiary/aromatic N) is 1. The Bertz CT molecular complexity index is 867. The largest absolute Gasteiger partial charge is 0.493 e. The van der Waals surface area contributed by atoms with Gasteiger partial charge in [-0.25, -0.2) is 0 Å². The van der Waals surface area contributed by atoms with Gasteiger partial charge in [-0.3, -0.25) is 0 Å².